The highest BCUT2D eigenvalue weighted by molar-refractivity contribution is 7.80. The zero-order valence-electron chi connectivity index (χ0n) is 27.5. The maximum Gasteiger partial charge on any atom is 0.326 e. The first-order valence-electron chi connectivity index (χ1n) is 15.5. The van der Waals surface area contributed by atoms with Crippen LogP contribution in [0.3, 0.4) is 0 Å². The summed E-state index contributed by atoms with van der Waals surface area (Å²) in [5.41, 5.74) is 2.72. The molecule has 0 spiro atoms. The van der Waals surface area contributed by atoms with Crippen LogP contribution in [0.15, 0.2) is 63.3 Å². The molecule has 5 aliphatic rings. The summed E-state index contributed by atoms with van der Waals surface area (Å²) in [5, 5.41) is 37.9. The van der Waals surface area contributed by atoms with Crippen LogP contribution in [-0.2, 0) is 28.7 Å². The number of hydrogen-bond donors (Lipinski definition) is 7. The van der Waals surface area contributed by atoms with Crippen LogP contribution in [-0.4, -0.2) is 95.6 Å². The number of carbonyl (C=O) groups excluding carboxylic acids is 3. The molecule has 5 atom stereocenters. The fraction of sp³-hybridized carbons (Fsp3) is 0.343. The van der Waals surface area contributed by atoms with Gasteiger partial charge in [-0.15, -0.1) is 0 Å². The number of ether oxygens (including phenoxy) is 3. The molecule has 1 aromatic carbocycles. The van der Waals surface area contributed by atoms with Crippen molar-refractivity contribution in [1.82, 2.24) is 5.32 Å². The maximum absolute atomic E-state index is 14.2. The number of Topliss-reactive ketones (excluding diaryl/α,β-unsaturated/α-hetero) is 1. The molecule has 262 valence electrons. The maximum atomic E-state index is 14.2. The van der Waals surface area contributed by atoms with Crippen molar-refractivity contribution in [2.45, 2.75) is 43.9 Å². The molecule has 0 bridgehead atoms. The highest BCUT2D eigenvalue weighted by atomic mass is 32.1. The Labute approximate surface area is 297 Å². The third-order valence-corrected chi connectivity index (χ3v) is 10.4. The van der Waals surface area contributed by atoms with Crippen LogP contribution in [0.1, 0.15) is 52.7 Å². The van der Waals surface area contributed by atoms with Gasteiger partial charge < -0.3 is 40.2 Å². The van der Waals surface area contributed by atoms with E-state index in [1.54, 1.807) is 13.0 Å². The molecule has 5 unspecified atom stereocenters. The van der Waals surface area contributed by atoms with Gasteiger partial charge in [0.15, 0.2) is 11.6 Å². The van der Waals surface area contributed by atoms with Gasteiger partial charge in [0.05, 0.1) is 38.5 Å². The zero-order valence-corrected chi connectivity index (χ0v) is 29.3. The van der Waals surface area contributed by atoms with Crippen LogP contribution in [0, 0.1) is 0 Å². The van der Waals surface area contributed by atoms with Crippen LogP contribution >= 0.6 is 25.3 Å². The number of thiol groups is 2. The Morgan fingerprint density at radius 1 is 0.820 bits per heavy atom. The quantitative estimate of drug-likeness (QED) is 0.156. The first-order chi connectivity index (χ1) is 23.8. The van der Waals surface area contributed by atoms with Gasteiger partial charge in [-0.1, -0.05) is 11.6 Å². The van der Waals surface area contributed by atoms with Gasteiger partial charge in [-0.2, -0.15) is 25.3 Å². The fourth-order valence-corrected chi connectivity index (χ4v) is 8.22. The van der Waals surface area contributed by atoms with Crippen molar-refractivity contribution in [3.8, 4) is 5.75 Å². The molecule has 0 heterocycles. The number of aliphatic carboxylic acids is 2. The van der Waals surface area contributed by atoms with Crippen LogP contribution in [0.25, 0.3) is 5.57 Å². The monoisotopic (exact) mass is 722 g/mol. The van der Waals surface area contributed by atoms with Crippen LogP contribution < -0.4 is 15.4 Å². The summed E-state index contributed by atoms with van der Waals surface area (Å²) >= 11 is 8.42. The largest absolute Gasteiger partial charge is 0.496 e. The lowest BCUT2D eigenvalue weighted by molar-refractivity contribution is -0.139. The van der Waals surface area contributed by atoms with Crippen molar-refractivity contribution in [1.29, 1.82) is 0 Å². The predicted octanol–water partition coefficient (Wildman–Crippen LogP) is 2.71. The number of aliphatic hydroxyl groups is 1. The van der Waals surface area contributed by atoms with Gasteiger partial charge in [-0.25, -0.2) is 9.59 Å². The Morgan fingerprint density at radius 2 is 1.40 bits per heavy atom. The van der Waals surface area contributed by atoms with Gasteiger partial charge in [0.2, 0.25) is 0 Å². The number of aliphatic hydroxyl groups excluding tert-OH is 1. The van der Waals surface area contributed by atoms with E-state index in [-0.39, 0.29) is 62.6 Å². The molecular weight excluding hydrogens is 689 g/mol. The van der Waals surface area contributed by atoms with E-state index in [4.69, 9.17) is 14.2 Å². The van der Waals surface area contributed by atoms with E-state index < -0.39 is 53.5 Å². The standard InChI is InChI=1S/C35H34N2O11S2/c1-11-6-13-21-26-23(32(41)30(13)36-14(9-49)34(42)43)17(40)8-19(47-4)24(26)25-18(46-3)7-16(39)22-28(25)27(21)29(20(11)12(2)38)33(48-5)31(22)37-15(10-50)35(44)45/h6-8,14-15,20-21,32,36-37,41,49-50H,9-10H2,1-5H3,(H,42,43)(H,44,45). The summed E-state index contributed by atoms with van der Waals surface area (Å²) in [7, 11) is 4.07. The van der Waals surface area contributed by atoms with Crippen molar-refractivity contribution in [2.24, 2.45) is 0 Å². The lowest BCUT2D eigenvalue weighted by Gasteiger charge is -2.44. The number of hydrogen-bond acceptors (Lipinski definition) is 13. The summed E-state index contributed by atoms with van der Waals surface area (Å²) in [6, 6.07) is -2.58. The molecule has 0 aromatic heterocycles. The smallest absolute Gasteiger partial charge is 0.326 e. The fourth-order valence-electron chi connectivity index (χ4n) is 7.72. The Kier molecular flexibility index (Phi) is 9.03. The highest BCUT2D eigenvalue weighted by Gasteiger charge is 2.53. The number of anilines is 1. The molecule has 0 amide bonds. The molecule has 6 rings (SSSR count). The minimum absolute atomic E-state index is 0.00990. The van der Waals surface area contributed by atoms with E-state index in [9.17, 15) is 39.3 Å². The van der Waals surface area contributed by atoms with Crippen molar-refractivity contribution >= 4 is 65.8 Å². The highest BCUT2D eigenvalue weighted by Crippen LogP contribution is 2.63. The number of benzene rings is 1. The normalized spacial score (nSPS) is 22.8. The second-order valence-electron chi connectivity index (χ2n) is 12.3. The molecule has 0 saturated heterocycles. The minimum Gasteiger partial charge on any atom is -0.496 e. The average Bonchev–Trinajstić information content (AvgIpc) is 3.20. The summed E-state index contributed by atoms with van der Waals surface area (Å²) in [6.45, 7) is 3.07. The lowest BCUT2D eigenvalue weighted by Crippen LogP contribution is -2.45. The molecule has 0 saturated carbocycles. The summed E-state index contributed by atoms with van der Waals surface area (Å²) in [5.74, 6) is -6.13. The van der Waals surface area contributed by atoms with E-state index in [1.165, 1.54) is 40.4 Å². The lowest BCUT2D eigenvalue weighted by atomic mass is 9.61. The average molecular weight is 723 g/mol. The van der Waals surface area contributed by atoms with Gasteiger partial charge in [-0.3, -0.25) is 14.4 Å². The van der Waals surface area contributed by atoms with Crippen molar-refractivity contribution in [3.05, 3.63) is 85.6 Å². The van der Waals surface area contributed by atoms with E-state index in [2.05, 4.69) is 35.9 Å². The first kappa shape index (κ1) is 35.1. The second-order valence-corrected chi connectivity index (χ2v) is 13.0. The number of carboxylic acid groups (broad SMARTS) is 2. The van der Waals surface area contributed by atoms with Crippen molar-refractivity contribution in [2.75, 3.05) is 38.2 Å². The topological polar surface area (TPSA) is 198 Å². The summed E-state index contributed by atoms with van der Waals surface area (Å²) in [6.07, 6.45) is 2.47. The van der Waals surface area contributed by atoms with Gasteiger partial charge in [0.1, 0.15) is 41.2 Å². The van der Waals surface area contributed by atoms with E-state index in [0.717, 1.165) is 0 Å². The first-order valence-corrected chi connectivity index (χ1v) is 16.7. The Morgan fingerprint density at radius 3 is 1.94 bits per heavy atom. The van der Waals surface area contributed by atoms with Gasteiger partial charge in [0, 0.05) is 63.1 Å². The van der Waals surface area contributed by atoms with E-state index in [1.807, 2.05) is 0 Å². The molecule has 0 aliphatic heterocycles. The van der Waals surface area contributed by atoms with Crippen molar-refractivity contribution in [3.63, 3.8) is 0 Å². The number of carboxylic acids is 2. The van der Waals surface area contributed by atoms with E-state index in [0.29, 0.717) is 39.0 Å². The van der Waals surface area contributed by atoms with Crippen LogP contribution in [0.4, 0.5) is 5.69 Å². The molecule has 50 heavy (non-hydrogen) atoms. The Hall–Kier alpha value is -4.73. The molecule has 0 radical (unpaired) electrons. The summed E-state index contributed by atoms with van der Waals surface area (Å²) < 4.78 is 17.6. The third kappa shape index (κ3) is 4.93. The van der Waals surface area contributed by atoms with Crippen molar-refractivity contribution < 1.29 is 53.5 Å². The predicted molar refractivity (Wildman–Crippen MR) is 187 cm³/mol. The molecule has 1 aromatic rings. The van der Waals surface area contributed by atoms with E-state index >= 15 is 0 Å². The number of allylic oxidation sites excluding steroid dienone is 7. The SMILES string of the molecule is COC1=CC(=O)C2=C3C1=C1C(OC)=CC(=O)c4c(NC(CS)C(=O)O)c(OC)c5c(c41)C3C(=C(NC(CS)C(=O)O)C2O)C=C(C)C5C(C)=O. The van der Waals surface area contributed by atoms with Gasteiger partial charge in [-0.05, 0) is 30.6 Å². The number of methoxy groups -OCH3 is 3. The second kappa shape index (κ2) is 12.9. The van der Waals surface area contributed by atoms with Crippen LogP contribution in [0.2, 0.25) is 0 Å². The molecule has 15 heteroatoms. The Balaban J connectivity index is 1.90. The number of carbonyl (C=O) groups is 5. The summed E-state index contributed by atoms with van der Waals surface area (Å²) in [4.78, 5) is 66.5. The number of rotatable bonds is 12. The minimum atomic E-state index is -1.65. The number of ketones is 3. The van der Waals surface area contributed by atoms with Gasteiger partial charge >= 0.3 is 11.9 Å². The molecule has 0 fully saturated rings. The third-order valence-electron chi connectivity index (χ3n) is 9.65. The number of nitrogens with one attached hydrogen (secondary N) is 2. The molecule has 5 aliphatic carbocycles. The van der Waals surface area contributed by atoms with Gasteiger partial charge in [0.25, 0.3) is 0 Å². The molecular formula is C35H34N2O11S2. The zero-order chi connectivity index (χ0) is 36.5. The molecule has 13 nitrogen and oxygen atoms in total. The Bertz CT molecular complexity index is 2020. The molecule has 5 N–H and O–H groups in total. The van der Waals surface area contributed by atoms with Crippen LogP contribution in [0.5, 0.6) is 5.75 Å².